The van der Waals surface area contributed by atoms with Crippen LogP contribution in [0.25, 0.3) is 0 Å². The maximum absolute atomic E-state index is 13.9. The number of hydrogen-bond acceptors (Lipinski definition) is 3. The van der Waals surface area contributed by atoms with E-state index in [0.717, 1.165) is 0 Å². The molecule has 0 aliphatic rings. The van der Waals surface area contributed by atoms with Crippen LogP contribution in [0.5, 0.6) is 0 Å². The lowest BCUT2D eigenvalue weighted by atomic mass is 9.82. The minimum atomic E-state index is -0.300. The minimum absolute atomic E-state index is 0.0839. The van der Waals surface area contributed by atoms with Crippen LogP contribution in [-0.2, 0) is 4.74 Å². The van der Waals surface area contributed by atoms with Gasteiger partial charge in [0.25, 0.3) is 0 Å². The largest absolute Gasteiger partial charge is 0.376 e. The second kappa shape index (κ2) is 6.25. The molecule has 0 radical (unpaired) electrons. The Hall–Kier alpha value is -1.00. The maximum Gasteiger partial charge on any atom is 0.146 e. The van der Waals surface area contributed by atoms with Crippen LogP contribution in [-0.4, -0.2) is 24.7 Å². The molecule has 0 fully saturated rings. The van der Waals surface area contributed by atoms with Gasteiger partial charge in [0.15, 0.2) is 0 Å². The quantitative estimate of drug-likeness (QED) is 0.877. The first-order chi connectivity index (χ1) is 8.41. The number of nitrogens with zero attached hydrogens (tertiary/aromatic N) is 1. The van der Waals surface area contributed by atoms with Gasteiger partial charge in [0.2, 0.25) is 0 Å². The summed E-state index contributed by atoms with van der Waals surface area (Å²) < 4.78 is 19.7. The van der Waals surface area contributed by atoms with E-state index in [1.807, 2.05) is 14.0 Å². The van der Waals surface area contributed by atoms with Crippen LogP contribution >= 0.6 is 0 Å². The SMILES string of the molecule is CCOC(C(NC)c1ccncc1F)C(C)(C)C. The summed E-state index contributed by atoms with van der Waals surface area (Å²) in [5, 5.41) is 3.16. The molecule has 0 spiro atoms. The fourth-order valence-corrected chi connectivity index (χ4v) is 2.13. The molecule has 1 aromatic heterocycles. The first-order valence-electron chi connectivity index (χ1n) is 6.30. The Morgan fingerprint density at radius 2 is 2.11 bits per heavy atom. The number of aromatic nitrogens is 1. The van der Waals surface area contributed by atoms with Gasteiger partial charge in [0, 0.05) is 18.4 Å². The molecule has 0 aliphatic heterocycles. The van der Waals surface area contributed by atoms with Gasteiger partial charge < -0.3 is 10.1 Å². The lowest BCUT2D eigenvalue weighted by molar-refractivity contribution is -0.0357. The van der Waals surface area contributed by atoms with Crippen LogP contribution in [0.3, 0.4) is 0 Å². The van der Waals surface area contributed by atoms with Gasteiger partial charge in [-0.2, -0.15) is 0 Å². The predicted molar refractivity (Wildman–Crippen MR) is 70.9 cm³/mol. The molecule has 3 nitrogen and oxygen atoms in total. The highest BCUT2D eigenvalue weighted by atomic mass is 19.1. The van der Waals surface area contributed by atoms with Gasteiger partial charge in [-0.15, -0.1) is 0 Å². The first-order valence-corrected chi connectivity index (χ1v) is 6.30. The summed E-state index contributed by atoms with van der Waals surface area (Å²) in [5.41, 5.74) is 0.514. The molecular weight excluding hydrogens is 231 g/mol. The molecule has 0 saturated carbocycles. The van der Waals surface area contributed by atoms with E-state index in [-0.39, 0.29) is 23.4 Å². The number of halogens is 1. The highest BCUT2D eigenvalue weighted by molar-refractivity contribution is 5.19. The van der Waals surface area contributed by atoms with Crippen LogP contribution in [0.2, 0.25) is 0 Å². The van der Waals surface area contributed by atoms with Gasteiger partial charge >= 0.3 is 0 Å². The Morgan fingerprint density at radius 1 is 1.44 bits per heavy atom. The summed E-state index contributed by atoms with van der Waals surface area (Å²) >= 11 is 0. The molecule has 0 aliphatic carbocycles. The number of hydrogen-bond donors (Lipinski definition) is 1. The normalized spacial score (nSPS) is 15.4. The summed E-state index contributed by atoms with van der Waals surface area (Å²) in [5.74, 6) is -0.300. The fourth-order valence-electron chi connectivity index (χ4n) is 2.13. The fraction of sp³-hybridized carbons (Fsp3) is 0.643. The highest BCUT2D eigenvalue weighted by Gasteiger charge is 2.34. The van der Waals surface area contributed by atoms with Crippen LogP contribution in [0.1, 0.15) is 39.3 Å². The summed E-state index contributed by atoms with van der Waals surface area (Å²) in [6.45, 7) is 8.84. The number of pyridine rings is 1. The number of nitrogens with one attached hydrogen (secondary N) is 1. The minimum Gasteiger partial charge on any atom is -0.376 e. The van der Waals surface area contributed by atoms with Crippen molar-refractivity contribution in [3.63, 3.8) is 0 Å². The molecule has 102 valence electrons. The highest BCUT2D eigenvalue weighted by Crippen LogP contribution is 2.33. The predicted octanol–water partition coefficient (Wildman–Crippen LogP) is 2.93. The van der Waals surface area contributed by atoms with E-state index in [1.54, 1.807) is 12.3 Å². The van der Waals surface area contributed by atoms with Gasteiger partial charge in [0.05, 0.1) is 18.3 Å². The average Bonchev–Trinajstić information content (AvgIpc) is 2.30. The van der Waals surface area contributed by atoms with Crippen LogP contribution in [0.15, 0.2) is 18.5 Å². The second-order valence-electron chi connectivity index (χ2n) is 5.41. The topological polar surface area (TPSA) is 34.1 Å². The molecule has 0 saturated heterocycles. The van der Waals surface area contributed by atoms with Crippen LogP contribution < -0.4 is 5.32 Å². The van der Waals surface area contributed by atoms with E-state index in [1.165, 1.54) is 6.20 Å². The van der Waals surface area contributed by atoms with Crippen molar-refractivity contribution in [2.75, 3.05) is 13.7 Å². The van der Waals surface area contributed by atoms with Crippen molar-refractivity contribution < 1.29 is 9.13 Å². The van der Waals surface area contributed by atoms with E-state index in [4.69, 9.17) is 4.74 Å². The summed E-state index contributed by atoms with van der Waals surface area (Å²) in [6.07, 6.45) is 2.74. The van der Waals surface area contributed by atoms with Gasteiger partial charge in [-0.25, -0.2) is 4.39 Å². The van der Waals surface area contributed by atoms with E-state index in [9.17, 15) is 4.39 Å². The molecule has 2 unspecified atom stereocenters. The molecule has 2 atom stereocenters. The van der Waals surface area contributed by atoms with Crippen molar-refractivity contribution in [3.05, 3.63) is 29.8 Å². The zero-order chi connectivity index (χ0) is 13.8. The lowest BCUT2D eigenvalue weighted by Crippen LogP contribution is -2.41. The van der Waals surface area contributed by atoms with E-state index < -0.39 is 0 Å². The molecule has 0 aromatic carbocycles. The third-order valence-corrected chi connectivity index (χ3v) is 2.95. The molecule has 0 amide bonds. The molecular formula is C14H23FN2O. The summed E-state index contributed by atoms with van der Waals surface area (Å²) in [7, 11) is 1.82. The van der Waals surface area contributed by atoms with Gasteiger partial charge in [0.1, 0.15) is 5.82 Å². The van der Waals surface area contributed by atoms with Gasteiger partial charge in [-0.1, -0.05) is 20.8 Å². The molecule has 18 heavy (non-hydrogen) atoms. The smallest absolute Gasteiger partial charge is 0.146 e. The zero-order valence-electron chi connectivity index (χ0n) is 11.8. The van der Waals surface area contributed by atoms with Crippen molar-refractivity contribution in [1.82, 2.24) is 10.3 Å². The molecule has 1 heterocycles. The Balaban J connectivity index is 3.10. The van der Waals surface area contributed by atoms with E-state index in [0.29, 0.717) is 12.2 Å². The summed E-state index contributed by atoms with van der Waals surface area (Å²) in [6, 6.07) is 1.52. The van der Waals surface area contributed by atoms with Crippen molar-refractivity contribution in [2.24, 2.45) is 5.41 Å². The Kier molecular flexibility index (Phi) is 5.23. The first kappa shape index (κ1) is 15.1. The second-order valence-corrected chi connectivity index (χ2v) is 5.41. The Bertz CT molecular complexity index is 376. The van der Waals surface area contributed by atoms with Crippen molar-refractivity contribution in [1.29, 1.82) is 0 Å². The van der Waals surface area contributed by atoms with Crippen molar-refractivity contribution in [2.45, 2.75) is 39.8 Å². The van der Waals surface area contributed by atoms with Gasteiger partial charge in [-0.05, 0) is 25.5 Å². The Morgan fingerprint density at radius 3 is 2.56 bits per heavy atom. The summed E-state index contributed by atoms with van der Waals surface area (Å²) in [4.78, 5) is 3.79. The molecule has 1 aromatic rings. The van der Waals surface area contributed by atoms with E-state index >= 15 is 0 Å². The molecule has 4 heteroatoms. The molecule has 1 N–H and O–H groups in total. The zero-order valence-corrected chi connectivity index (χ0v) is 11.8. The average molecular weight is 254 g/mol. The third kappa shape index (κ3) is 3.50. The van der Waals surface area contributed by atoms with Gasteiger partial charge in [-0.3, -0.25) is 4.98 Å². The third-order valence-electron chi connectivity index (χ3n) is 2.95. The Labute approximate surface area is 109 Å². The molecule has 1 rings (SSSR count). The number of ether oxygens (including phenoxy) is 1. The standard InChI is InChI=1S/C14H23FN2O/c1-6-18-13(14(2,3)4)12(16-5)10-7-8-17-9-11(10)15/h7-9,12-13,16H,6H2,1-5H3. The van der Waals surface area contributed by atoms with Crippen LogP contribution in [0, 0.1) is 11.2 Å². The van der Waals surface area contributed by atoms with Crippen LogP contribution in [0.4, 0.5) is 4.39 Å². The van der Waals surface area contributed by atoms with E-state index in [2.05, 4.69) is 31.1 Å². The molecule has 0 bridgehead atoms. The number of likely N-dealkylation sites (N-methyl/N-ethyl adjacent to an activating group) is 1. The number of rotatable bonds is 5. The maximum atomic E-state index is 13.9. The monoisotopic (exact) mass is 254 g/mol. The lowest BCUT2D eigenvalue weighted by Gasteiger charge is -2.37. The van der Waals surface area contributed by atoms with Crippen molar-refractivity contribution >= 4 is 0 Å². The van der Waals surface area contributed by atoms with Crippen molar-refractivity contribution in [3.8, 4) is 0 Å².